The maximum absolute atomic E-state index is 10.7. The van der Waals surface area contributed by atoms with Gasteiger partial charge in [-0.25, -0.2) is 0 Å². The lowest BCUT2D eigenvalue weighted by Crippen LogP contribution is -2.41. The molecular formula is C14H18O2. The average Bonchev–Trinajstić information content (AvgIpc) is 2.89. The van der Waals surface area contributed by atoms with Crippen molar-refractivity contribution < 1.29 is 10.2 Å². The minimum Gasteiger partial charge on any atom is -0.387 e. The largest absolute Gasteiger partial charge is 0.387 e. The summed E-state index contributed by atoms with van der Waals surface area (Å²) in [5.41, 5.74) is -0.0258. The molecule has 3 rings (SSSR count). The molecule has 16 heavy (non-hydrogen) atoms. The Labute approximate surface area is 95.9 Å². The number of benzene rings is 1. The molecule has 1 aromatic rings. The van der Waals surface area contributed by atoms with E-state index in [0.29, 0.717) is 11.8 Å². The van der Waals surface area contributed by atoms with Gasteiger partial charge in [0, 0.05) is 0 Å². The topological polar surface area (TPSA) is 40.5 Å². The van der Waals surface area contributed by atoms with E-state index in [1.165, 1.54) is 6.42 Å². The normalized spacial score (nSPS) is 38.9. The zero-order chi connectivity index (χ0) is 11.2. The molecule has 4 unspecified atom stereocenters. The zero-order valence-corrected chi connectivity index (χ0v) is 9.34. The minimum absolute atomic E-state index is 0.299. The van der Waals surface area contributed by atoms with E-state index in [4.69, 9.17) is 0 Å². The van der Waals surface area contributed by atoms with Gasteiger partial charge in [-0.05, 0) is 43.1 Å². The third-order valence-electron chi connectivity index (χ3n) is 4.45. The van der Waals surface area contributed by atoms with Gasteiger partial charge < -0.3 is 10.2 Å². The maximum Gasteiger partial charge on any atom is 0.108 e. The second kappa shape index (κ2) is 3.57. The molecule has 2 fully saturated rings. The van der Waals surface area contributed by atoms with Crippen molar-refractivity contribution in [3.63, 3.8) is 0 Å². The Bertz CT molecular complexity index is 376. The summed E-state index contributed by atoms with van der Waals surface area (Å²) in [6, 6.07) is 9.55. The van der Waals surface area contributed by atoms with Crippen LogP contribution in [0.4, 0.5) is 0 Å². The Morgan fingerprint density at radius 3 is 2.50 bits per heavy atom. The third-order valence-corrected chi connectivity index (χ3v) is 4.45. The van der Waals surface area contributed by atoms with Crippen LogP contribution in [0.25, 0.3) is 0 Å². The van der Waals surface area contributed by atoms with Gasteiger partial charge in [-0.15, -0.1) is 0 Å². The summed E-state index contributed by atoms with van der Waals surface area (Å²) in [6.45, 7) is 0. The van der Waals surface area contributed by atoms with Crippen LogP contribution in [0.5, 0.6) is 0 Å². The van der Waals surface area contributed by atoms with Crippen LogP contribution >= 0.6 is 0 Å². The first-order chi connectivity index (χ1) is 7.70. The monoisotopic (exact) mass is 218 g/mol. The molecule has 0 aromatic heterocycles. The number of hydrogen-bond donors (Lipinski definition) is 2. The second-order valence-corrected chi connectivity index (χ2v) is 5.38. The number of aliphatic hydroxyl groups excluding tert-OH is 1. The second-order valence-electron chi connectivity index (χ2n) is 5.38. The Balaban J connectivity index is 1.88. The molecule has 2 saturated carbocycles. The third kappa shape index (κ3) is 1.40. The smallest absolute Gasteiger partial charge is 0.108 e. The number of aliphatic hydroxyl groups is 2. The summed E-state index contributed by atoms with van der Waals surface area (Å²) in [5.74, 6) is 0.932. The maximum atomic E-state index is 10.7. The van der Waals surface area contributed by atoms with Gasteiger partial charge in [-0.1, -0.05) is 30.3 Å². The van der Waals surface area contributed by atoms with E-state index in [2.05, 4.69) is 0 Å². The van der Waals surface area contributed by atoms with E-state index in [1.807, 2.05) is 30.3 Å². The minimum atomic E-state index is -0.871. The van der Waals surface area contributed by atoms with Crippen LogP contribution in [0.3, 0.4) is 0 Å². The highest BCUT2D eigenvalue weighted by molar-refractivity contribution is 5.22. The fourth-order valence-corrected chi connectivity index (χ4v) is 3.60. The number of rotatable bonds is 2. The molecule has 2 bridgehead atoms. The summed E-state index contributed by atoms with van der Waals surface area (Å²) in [4.78, 5) is 0. The Kier molecular flexibility index (Phi) is 2.30. The van der Waals surface area contributed by atoms with Gasteiger partial charge in [0.2, 0.25) is 0 Å². The first kappa shape index (κ1) is 10.3. The SMILES string of the molecule is OC(c1ccccc1)C1(O)CC2CCC1C2. The predicted octanol–water partition coefficient (Wildman–Crippen LogP) is 2.27. The van der Waals surface area contributed by atoms with Gasteiger partial charge in [-0.3, -0.25) is 0 Å². The van der Waals surface area contributed by atoms with Crippen LogP contribution in [0, 0.1) is 11.8 Å². The molecule has 0 amide bonds. The standard InChI is InChI=1S/C14H18O2/c15-13(11-4-2-1-3-5-11)14(16)9-10-6-7-12(14)8-10/h1-5,10,12-13,15-16H,6-9H2. The first-order valence-electron chi connectivity index (χ1n) is 6.15. The fourth-order valence-electron chi connectivity index (χ4n) is 3.60. The molecule has 2 nitrogen and oxygen atoms in total. The lowest BCUT2D eigenvalue weighted by molar-refractivity contribution is -0.112. The lowest BCUT2D eigenvalue weighted by Gasteiger charge is -2.37. The van der Waals surface area contributed by atoms with Crippen molar-refractivity contribution in [2.75, 3.05) is 0 Å². The van der Waals surface area contributed by atoms with Crippen LogP contribution in [0.2, 0.25) is 0 Å². The van der Waals surface area contributed by atoms with Crippen LogP contribution in [0.1, 0.15) is 37.4 Å². The molecule has 2 aliphatic carbocycles. The van der Waals surface area contributed by atoms with E-state index >= 15 is 0 Å². The van der Waals surface area contributed by atoms with E-state index in [0.717, 1.165) is 24.8 Å². The predicted molar refractivity (Wildman–Crippen MR) is 61.8 cm³/mol. The van der Waals surface area contributed by atoms with Gasteiger partial charge >= 0.3 is 0 Å². The van der Waals surface area contributed by atoms with E-state index in [9.17, 15) is 10.2 Å². The highest BCUT2D eigenvalue weighted by atomic mass is 16.3. The summed E-state index contributed by atoms with van der Waals surface area (Å²) in [6.07, 6.45) is 3.46. The van der Waals surface area contributed by atoms with Gasteiger partial charge in [0.15, 0.2) is 0 Å². The van der Waals surface area contributed by atoms with Crippen molar-refractivity contribution in [2.24, 2.45) is 11.8 Å². The van der Waals surface area contributed by atoms with Crippen molar-refractivity contribution in [2.45, 2.75) is 37.4 Å². The van der Waals surface area contributed by atoms with Gasteiger partial charge in [0.05, 0.1) is 5.60 Å². The summed E-state index contributed by atoms with van der Waals surface area (Å²) >= 11 is 0. The molecule has 0 radical (unpaired) electrons. The molecule has 2 heteroatoms. The lowest BCUT2D eigenvalue weighted by atomic mass is 9.78. The highest BCUT2D eigenvalue weighted by Gasteiger charge is 2.54. The quantitative estimate of drug-likeness (QED) is 0.799. The Morgan fingerprint density at radius 2 is 1.94 bits per heavy atom. The van der Waals surface area contributed by atoms with Crippen LogP contribution in [-0.2, 0) is 0 Å². The molecule has 86 valence electrons. The van der Waals surface area contributed by atoms with Crippen LogP contribution < -0.4 is 0 Å². The van der Waals surface area contributed by atoms with Gasteiger partial charge in [-0.2, -0.15) is 0 Å². The molecule has 4 atom stereocenters. The first-order valence-corrected chi connectivity index (χ1v) is 6.15. The Hall–Kier alpha value is -0.860. The van der Waals surface area contributed by atoms with Crippen LogP contribution in [0.15, 0.2) is 30.3 Å². The van der Waals surface area contributed by atoms with Crippen molar-refractivity contribution in [1.82, 2.24) is 0 Å². The number of fused-ring (bicyclic) bond motifs is 2. The van der Waals surface area contributed by atoms with E-state index in [-0.39, 0.29) is 0 Å². The summed E-state index contributed by atoms with van der Waals surface area (Å²) in [7, 11) is 0. The summed E-state index contributed by atoms with van der Waals surface area (Å²) < 4.78 is 0. The molecule has 2 N–H and O–H groups in total. The molecular weight excluding hydrogens is 200 g/mol. The van der Waals surface area contributed by atoms with E-state index in [1.54, 1.807) is 0 Å². The Morgan fingerprint density at radius 1 is 1.19 bits per heavy atom. The van der Waals surface area contributed by atoms with Gasteiger partial charge in [0.25, 0.3) is 0 Å². The molecule has 2 aliphatic rings. The van der Waals surface area contributed by atoms with Crippen LogP contribution in [-0.4, -0.2) is 15.8 Å². The van der Waals surface area contributed by atoms with Gasteiger partial charge in [0.1, 0.15) is 6.10 Å². The molecule has 0 heterocycles. The van der Waals surface area contributed by atoms with Crippen molar-refractivity contribution in [1.29, 1.82) is 0 Å². The van der Waals surface area contributed by atoms with Crippen molar-refractivity contribution >= 4 is 0 Å². The average molecular weight is 218 g/mol. The van der Waals surface area contributed by atoms with Crippen molar-refractivity contribution in [3.05, 3.63) is 35.9 Å². The van der Waals surface area contributed by atoms with Crippen molar-refractivity contribution in [3.8, 4) is 0 Å². The highest BCUT2D eigenvalue weighted by Crippen LogP contribution is 2.55. The summed E-state index contributed by atoms with van der Waals surface area (Å²) in [5, 5.41) is 21.0. The molecule has 0 spiro atoms. The van der Waals surface area contributed by atoms with E-state index < -0.39 is 11.7 Å². The molecule has 0 saturated heterocycles. The zero-order valence-electron chi connectivity index (χ0n) is 9.34. The molecule has 0 aliphatic heterocycles. The molecule has 1 aromatic carbocycles. The number of hydrogen-bond acceptors (Lipinski definition) is 2. The fraction of sp³-hybridized carbons (Fsp3) is 0.571.